The second-order valence-electron chi connectivity index (χ2n) is 5.55. The van der Waals surface area contributed by atoms with E-state index in [1.165, 1.54) is 11.8 Å². The quantitative estimate of drug-likeness (QED) is 0.918. The molecule has 1 N–H and O–H groups in total. The lowest BCUT2D eigenvalue weighted by Gasteiger charge is -2.19. The number of aromatic nitrogens is 1. The first kappa shape index (κ1) is 14.6. The number of aromatic carboxylic acids is 1. The van der Waals surface area contributed by atoms with Gasteiger partial charge in [0, 0.05) is 16.0 Å². The van der Waals surface area contributed by atoms with Gasteiger partial charge in [-0.2, -0.15) is 0 Å². The molecule has 4 heteroatoms. The number of hydrogen-bond donors (Lipinski definition) is 1. The van der Waals surface area contributed by atoms with Gasteiger partial charge in [-0.25, -0.2) is 9.78 Å². The average molecular weight is 287 g/mol. The summed E-state index contributed by atoms with van der Waals surface area (Å²) in [6.45, 7) is 6.08. The third-order valence-corrected chi connectivity index (χ3v) is 3.71. The molecule has 0 saturated carbocycles. The predicted octanol–water partition coefficient (Wildman–Crippen LogP) is 4.23. The molecule has 0 bridgehead atoms. The summed E-state index contributed by atoms with van der Waals surface area (Å²) in [7, 11) is 0. The summed E-state index contributed by atoms with van der Waals surface area (Å²) in [4.78, 5) is 16.9. The fourth-order valence-corrected chi connectivity index (χ4v) is 2.54. The summed E-state index contributed by atoms with van der Waals surface area (Å²) in [5.74, 6) is -0.923. The van der Waals surface area contributed by atoms with Gasteiger partial charge in [0.15, 0.2) is 0 Å². The van der Waals surface area contributed by atoms with E-state index in [-0.39, 0.29) is 11.0 Å². The zero-order chi connectivity index (χ0) is 14.8. The maximum atomic E-state index is 11.2. The Labute approximate surface area is 123 Å². The lowest BCUT2D eigenvalue weighted by atomic mass is 9.91. The Morgan fingerprint density at radius 3 is 2.35 bits per heavy atom. The fourth-order valence-electron chi connectivity index (χ4n) is 1.67. The van der Waals surface area contributed by atoms with E-state index >= 15 is 0 Å². The summed E-state index contributed by atoms with van der Waals surface area (Å²) < 4.78 is 0. The topological polar surface area (TPSA) is 50.2 Å². The number of carbonyl (C=O) groups is 1. The van der Waals surface area contributed by atoms with Crippen molar-refractivity contribution in [3.8, 4) is 0 Å². The van der Waals surface area contributed by atoms with E-state index < -0.39 is 5.97 Å². The van der Waals surface area contributed by atoms with Gasteiger partial charge in [0.1, 0.15) is 5.03 Å². The maximum Gasteiger partial charge on any atom is 0.335 e. The molecule has 1 heterocycles. The molecule has 0 aliphatic rings. The van der Waals surface area contributed by atoms with E-state index in [0.717, 1.165) is 10.6 Å². The predicted molar refractivity (Wildman–Crippen MR) is 80.5 cm³/mol. The monoisotopic (exact) mass is 287 g/mol. The van der Waals surface area contributed by atoms with Crippen molar-refractivity contribution in [1.82, 2.24) is 4.98 Å². The van der Waals surface area contributed by atoms with Crippen molar-refractivity contribution in [3.05, 3.63) is 53.7 Å². The van der Waals surface area contributed by atoms with Gasteiger partial charge in [-0.3, -0.25) is 0 Å². The van der Waals surface area contributed by atoms with Crippen molar-refractivity contribution in [2.75, 3.05) is 0 Å². The highest BCUT2D eigenvalue weighted by atomic mass is 32.2. The molecule has 1 aromatic carbocycles. The number of hydrogen-bond acceptors (Lipinski definition) is 3. The third kappa shape index (κ3) is 3.61. The largest absolute Gasteiger partial charge is 0.478 e. The molecule has 0 spiro atoms. The summed E-state index contributed by atoms with van der Waals surface area (Å²) in [6, 6.07) is 13.1. The van der Waals surface area contributed by atoms with E-state index in [9.17, 15) is 9.90 Å². The first-order valence-corrected chi connectivity index (χ1v) is 7.17. The number of carboxylic acids is 1. The van der Waals surface area contributed by atoms with Crippen molar-refractivity contribution < 1.29 is 9.90 Å². The highest BCUT2D eigenvalue weighted by molar-refractivity contribution is 7.99. The highest BCUT2D eigenvalue weighted by Crippen LogP contribution is 2.30. The molecule has 0 amide bonds. The zero-order valence-corrected chi connectivity index (χ0v) is 12.6. The lowest BCUT2D eigenvalue weighted by molar-refractivity contribution is 0.0696. The van der Waals surface area contributed by atoms with Crippen molar-refractivity contribution in [3.63, 3.8) is 0 Å². The molecule has 0 radical (unpaired) electrons. The third-order valence-electron chi connectivity index (χ3n) is 2.78. The Kier molecular flexibility index (Phi) is 4.14. The van der Waals surface area contributed by atoms with Crippen LogP contribution in [0.25, 0.3) is 0 Å². The van der Waals surface area contributed by atoms with Crippen LogP contribution in [-0.4, -0.2) is 16.1 Å². The molecule has 3 nitrogen and oxygen atoms in total. The Morgan fingerprint density at radius 1 is 1.15 bits per heavy atom. The Morgan fingerprint density at radius 2 is 1.80 bits per heavy atom. The molecule has 1 aromatic heterocycles. The van der Waals surface area contributed by atoms with Crippen LogP contribution in [-0.2, 0) is 5.41 Å². The molecule has 0 fully saturated rings. The van der Waals surface area contributed by atoms with Crippen LogP contribution in [0.1, 0.15) is 36.8 Å². The van der Waals surface area contributed by atoms with Gasteiger partial charge >= 0.3 is 5.97 Å². The van der Waals surface area contributed by atoms with Gasteiger partial charge in [0.2, 0.25) is 0 Å². The fraction of sp³-hybridized carbons (Fsp3) is 0.250. The first-order chi connectivity index (χ1) is 9.36. The average Bonchev–Trinajstić information content (AvgIpc) is 2.38. The molecule has 0 atom stereocenters. The van der Waals surface area contributed by atoms with Crippen molar-refractivity contribution in [1.29, 1.82) is 0 Å². The van der Waals surface area contributed by atoms with Gasteiger partial charge in [-0.1, -0.05) is 50.7 Å². The van der Waals surface area contributed by atoms with E-state index in [0.29, 0.717) is 5.03 Å². The van der Waals surface area contributed by atoms with E-state index in [4.69, 9.17) is 0 Å². The number of benzene rings is 1. The smallest absolute Gasteiger partial charge is 0.335 e. The molecule has 0 aliphatic heterocycles. The van der Waals surface area contributed by atoms with Gasteiger partial charge in [0.25, 0.3) is 0 Å². The summed E-state index contributed by atoms with van der Waals surface area (Å²) in [6.07, 6.45) is 0. The maximum absolute atomic E-state index is 11.2. The molecule has 2 aromatic rings. The van der Waals surface area contributed by atoms with Crippen LogP contribution >= 0.6 is 11.8 Å². The lowest BCUT2D eigenvalue weighted by Crippen LogP contribution is -2.15. The Hall–Kier alpha value is -1.81. The van der Waals surface area contributed by atoms with Crippen LogP contribution in [0.5, 0.6) is 0 Å². The molecular weight excluding hydrogens is 270 g/mol. The number of pyridine rings is 1. The Balaban J connectivity index is 2.42. The number of carboxylic acid groups (broad SMARTS) is 1. The van der Waals surface area contributed by atoms with Crippen molar-refractivity contribution >= 4 is 17.7 Å². The van der Waals surface area contributed by atoms with Crippen LogP contribution in [0, 0.1) is 0 Å². The number of nitrogens with zero attached hydrogens (tertiary/aromatic N) is 1. The normalized spacial score (nSPS) is 11.3. The van der Waals surface area contributed by atoms with Crippen LogP contribution in [0.4, 0.5) is 0 Å². The van der Waals surface area contributed by atoms with E-state index in [2.05, 4.69) is 4.98 Å². The van der Waals surface area contributed by atoms with Crippen LogP contribution in [0.2, 0.25) is 0 Å². The summed E-state index contributed by atoms with van der Waals surface area (Å²) in [5, 5.41) is 9.94. The van der Waals surface area contributed by atoms with Crippen molar-refractivity contribution in [2.24, 2.45) is 0 Å². The van der Waals surface area contributed by atoms with Crippen LogP contribution in [0.15, 0.2) is 52.4 Å². The minimum Gasteiger partial charge on any atom is -0.478 e. The molecule has 104 valence electrons. The van der Waals surface area contributed by atoms with Gasteiger partial charge in [-0.05, 0) is 24.3 Å². The molecular formula is C16H17NO2S. The van der Waals surface area contributed by atoms with E-state index in [1.807, 2.05) is 51.1 Å². The van der Waals surface area contributed by atoms with Gasteiger partial charge in [0.05, 0.1) is 5.56 Å². The standard InChI is InChI=1S/C16H17NO2S/c1-16(2,3)13-9-11(15(18)19)10-14(17-13)20-12-7-5-4-6-8-12/h4-10H,1-3H3,(H,18,19). The van der Waals surface area contributed by atoms with Crippen molar-refractivity contribution in [2.45, 2.75) is 36.1 Å². The highest BCUT2D eigenvalue weighted by Gasteiger charge is 2.19. The SMILES string of the molecule is CC(C)(C)c1cc(C(=O)O)cc(Sc2ccccc2)n1. The minimum atomic E-state index is -0.923. The summed E-state index contributed by atoms with van der Waals surface area (Å²) in [5.41, 5.74) is 0.886. The Bertz CT molecular complexity index is 618. The number of rotatable bonds is 3. The first-order valence-electron chi connectivity index (χ1n) is 6.35. The van der Waals surface area contributed by atoms with E-state index in [1.54, 1.807) is 12.1 Å². The second-order valence-corrected chi connectivity index (χ2v) is 6.64. The molecule has 20 heavy (non-hydrogen) atoms. The summed E-state index contributed by atoms with van der Waals surface area (Å²) >= 11 is 1.47. The van der Waals surface area contributed by atoms with Crippen LogP contribution < -0.4 is 0 Å². The molecule has 2 rings (SSSR count). The molecule has 0 saturated heterocycles. The zero-order valence-electron chi connectivity index (χ0n) is 11.8. The van der Waals surface area contributed by atoms with Gasteiger partial charge in [-0.15, -0.1) is 0 Å². The molecule has 0 aliphatic carbocycles. The second kappa shape index (κ2) is 5.67. The minimum absolute atomic E-state index is 0.183. The molecule has 0 unspecified atom stereocenters. The van der Waals surface area contributed by atoms with Gasteiger partial charge < -0.3 is 5.11 Å². The van der Waals surface area contributed by atoms with Crippen LogP contribution in [0.3, 0.4) is 0 Å².